The van der Waals surface area contributed by atoms with E-state index in [9.17, 15) is 0 Å². The van der Waals surface area contributed by atoms with Crippen LogP contribution >= 0.6 is 11.6 Å². The van der Waals surface area contributed by atoms with E-state index in [-0.39, 0.29) is 5.28 Å². The fraction of sp³-hybridized carbons (Fsp3) is 0.636. The standard InChI is InChI=1S/C11H15ClN2O/c1-8-7-10(14-11(12)13-8)15-6-5-9-3-2-4-9/h7,9H,2-6H2,1H3. The zero-order valence-corrected chi connectivity index (χ0v) is 9.63. The molecule has 82 valence electrons. The van der Waals surface area contributed by atoms with Gasteiger partial charge in [0.25, 0.3) is 0 Å². The molecular formula is C11H15ClN2O. The lowest BCUT2D eigenvalue weighted by Gasteiger charge is -2.24. The maximum absolute atomic E-state index is 5.73. The van der Waals surface area contributed by atoms with Crippen LogP contribution in [0.1, 0.15) is 31.4 Å². The van der Waals surface area contributed by atoms with E-state index < -0.39 is 0 Å². The Balaban J connectivity index is 1.81. The molecule has 0 amide bonds. The van der Waals surface area contributed by atoms with E-state index in [1.54, 1.807) is 0 Å². The van der Waals surface area contributed by atoms with Gasteiger partial charge in [-0.15, -0.1) is 0 Å². The molecule has 3 nitrogen and oxygen atoms in total. The van der Waals surface area contributed by atoms with Crippen molar-refractivity contribution in [2.24, 2.45) is 5.92 Å². The number of aromatic nitrogens is 2. The first-order chi connectivity index (χ1) is 7.24. The molecule has 0 aliphatic heterocycles. The van der Waals surface area contributed by atoms with Crippen molar-refractivity contribution in [2.45, 2.75) is 32.6 Å². The SMILES string of the molecule is Cc1cc(OCCC2CCC2)nc(Cl)n1. The third-order valence-electron chi connectivity index (χ3n) is 2.80. The Kier molecular flexibility index (Phi) is 3.41. The van der Waals surface area contributed by atoms with E-state index in [0.29, 0.717) is 5.88 Å². The average molecular weight is 227 g/mol. The van der Waals surface area contributed by atoms with Crippen molar-refractivity contribution in [3.8, 4) is 5.88 Å². The summed E-state index contributed by atoms with van der Waals surface area (Å²) in [5.41, 5.74) is 0.841. The van der Waals surface area contributed by atoms with Crippen LogP contribution in [0.5, 0.6) is 5.88 Å². The smallest absolute Gasteiger partial charge is 0.225 e. The molecule has 0 atom stereocenters. The van der Waals surface area contributed by atoms with Crippen LogP contribution in [0.2, 0.25) is 5.28 Å². The zero-order valence-electron chi connectivity index (χ0n) is 8.87. The van der Waals surface area contributed by atoms with Gasteiger partial charge in [-0.05, 0) is 30.9 Å². The second kappa shape index (κ2) is 4.79. The Morgan fingerprint density at radius 2 is 2.27 bits per heavy atom. The predicted molar refractivity (Wildman–Crippen MR) is 59.2 cm³/mol. The Labute approximate surface area is 94.8 Å². The molecule has 0 bridgehead atoms. The van der Waals surface area contributed by atoms with E-state index in [2.05, 4.69) is 9.97 Å². The van der Waals surface area contributed by atoms with Crippen LogP contribution < -0.4 is 4.74 Å². The van der Waals surface area contributed by atoms with E-state index in [4.69, 9.17) is 16.3 Å². The van der Waals surface area contributed by atoms with Gasteiger partial charge >= 0.3 is 0 Å². The molecule has 1 fully saturated rings. The first kappa shape index (κ1) is 10.7. The van der Waals surface area contributed by atoms with Gasteiger partial charge in [0.2, 0.25) is 11.2 Å². The number of halogens is 1. The second-order valence-corrected chi connectivity index (χ2v) is 4.39. The van der Waals surface area contributed by atoms with Gasteiger partial charge in [0.1, 0.15) is 0 Å². The maximum Gasteiger partial charge on any atom is 0.225 e. The van der Waals surface area contributed by atoms with Crippen molar-refractivity contribution in [1.82, 2.24) is 9.97 Å². The summed E-state index contributed by atoms with van der Waals surface area (Å²) in [6, 6.07) is 1.81. The maximum atomic E-state index is 5.73. The first-order valence-corrected chi connectivity index (χ1v) is 5.76. The highest BCUT2D eigenvalue weighted by atomic mass is 35.5. The minimum Gasteiger partial charge on any atom is -0.478 e. The molecule has 0 unspecified atom stereocenters. The van der Waals surface area contributed by atoms with E-state index >= 15 is 0 Å². The van der Waals surface area contributed by atoms with Crippen molar-refractivity contribution in [1.29, 1.82) is 0 Å². The minimum absolute atomic E-state index is 0.258. The molecule has 4 heteroatoms. The van der Waals surface area contributed by atoms with Gasteiger partial charge in [-0.2, -0.15) is 4.98 Å². The highest BCUT2D eigenvalue weighted by Crippen LogP contribution is 2.29. The molecule has 1 aromatic rings. The molecule has 0 radical (unpaired) electrons. The van der Waals surface area contributed by atoms with Gasteiger partial charge in [0.05, 0.1) is 6.61 Å². The summed E-state index contributed by atoms with van der Waals surface area (Å²) in [4.78, 5) is 7.99. The molecule has 0 saturated heterocycles. The Bertz CT molecular complexity index is 319. The fourth-order valence-corrected chi connectivity index (χ4v) is 1.91. The lowest BCUT2D eigenvalue weighted by molar-refractivity contribution is 0.217. The molecule has 2 rings (SSSR count). The number of ether oxygens (including phenoxy) is 1. The predicted octanol–water partition coefficient (Wildman–Crippen LogP) is 3.01. The van der Waals surface area contributed by atoms with Crippen molar-refractivity contribution in [2.75, 3.05) is 6.61 Å². The zero-order chi connectivity index (χ0) is 10.7. The normalized spacial score (nSPS) is 16.1. The average Bonchev–Trinajstić information content (AvgIpc) is 2.07. The summed E-state index contributed by atoms with van der Waals surface area (Å²) >= 11 is 5.73. The summed E-state index contributed by atoms with van der Waals surface area (Å²) in [5.74, 6) is 1.45. The monoisotopic (exact) mass is 226 g/mol. The number of hydrogen-bond acceptors (Lipinski definition) is 3. The van der Waals surface area contributed by atoms with E-state index in [1.165, 1.54) is 19.3 Å². The van der Waals surface area contributed by atoms with Gasteiger partial charge < -0.3 is 4.74 Å². The minimum atomic E-state index is 0.258. The van der Waals surface area contributed by atoms with Gasteiger partial charge in [0.15, 0.2) is 0 Å². The third kappa shape index (κ3) is 3.06. The van der Waals surface area contributed by atoms with Gasteiger partial charge in [-0.1, -0.05) is 19.3 Å². The summed E-state index contributed by atoms with van der Waals surface area (Å²) in [6.07, 6.45) is 5.21. The quantitative estimate of drug-likeness (QED) is 0.741. The Morgan fingerprint density at radius 1 is 1.47 bits per heavy atom. The molecule has 1 aliphatic rings. The highest BCUT2D eigenvalue weighted by molar-refractivity contribution is 6.28. The Morgan fingerprint density at radius 3 is 2.87 bits per heavy atom. The van der Waals surface area contributed by atoms with Crippen LogP contribution in [0.15, 0.2) is 6.07 Å². The summed E-state index contributed by atoms with van der Waals surface area (Å²) < 4.78 is 5.54. The molecule has 1 saturated carbocycles. The lowest BCUT2D eigenvalue weighted by Crippen LogP contribution is -2.14. The fourth-order valence-electron chi connectivity index (χ4n) is 1.69. The number of rotatable bonds is 4. The van der Waals surface area contributed by atoms with Crippen LogP contribution in [0, 0.1) is 12.8 Å². The van der Waals surface area contributed by atoms with Crippen LogP contribution in [0.25, 0.3) is 0 Å². The third-order valence-corrected chi connectivity index (χ3v) is 2.97. The van der Waals surface area contributed by atoms with Crippen molar-refractivity contribution in [3.05, 3.63) is 17.0 Å². The van der Waals surface area contributed by atoms with Crippen molar-refractivity contribution < 1.29 is 4.74 Å². The van der Waals surface area contributed by atoms with Crippen molar-refractivity contribution in [3.63, 3.8) is 0 Å². The van der Waals surface area contributed by atoms with Crippen molar-refractivity contribution >= 4 is 11.6 Å². The second-order valence-electron chi connectivity index (χ2n) is 4.05. The number of aryl methyl sites for hydroxylation is 1. The molecule has 1 aromatic heterocycles. The Hall–Kier alpha value is -0.830. The molecule has 1 heterocycles. The van der Waals surface area contributed by atoms with Gasteiger partial charge in [-0.25, -0.2) is 4.98 Å². The lowest BCUT2D eigenvalue weighted by atomic mass is 9.83. The van der Waals surface area contributed by atoms with E-state index in [0.717, 1.165) is 24.6 Å². The molecule has 15 heavy (non-hydrogen) atoms. The molecule has 0 N–H and O–H groups in total. The molecule has 0 aromatic carbocycles. The van der Waals surface area contributed by atoms with Crippen LogP contribution in [-0.2, 0) is 0 Å². The number of nitrogens with zero attached hydrogens (tertiary/aromatic N) is 2. The van der Waals surface area contributed by atoms with Crippen LogP contribution in [-0.4, -0.2) is 16.6 Å². The first-order valence-electron chi connectivity index (χ1n) is 5.38. The topological polar surface area (TPSA) is 35.0 Å². The van der Waals surface area contributed by atoms with Gasteiger partial charge in [-0.3, -0.25) is 0 Å². The summed E-state index contributed by atoms with van der Waals surface area (Å²) in [5, 5.41) is 0.258. The molecular weight excluding hydrogens is 212 g/mol. The van der Waals surface area contributed by atoms with Crippen LogP contribution in [0.3, 0.4) is 0 Å². The highest BCUT2D eigenvalue weighted by Gasteiger charge is 2.16. The summed E-state index contributed by atoms with van der Waals surface area (Å²) in [6.45, 7) is 2.61. The largest absolute Gasteiger partial charge is 0.478 e. The van der Waals surface area contributed by atoms with E-state index in [1.807, 2.05) is 13.0 Å². The summed E-state index contributed by atoms with van der Waals surface area (Å²) in [7, 11) is 0. The van der Waals surface area contributed by atoms with Crippen LogP contribution in [0.4, 0.5) is 0 Å². The number of hydrogen-bond donors (Lipinski definition) is 0. The molecule has 1 aliphatic carbocycles. The molecule has 0 spiro atoms. The van der Waals surface area contributed by atoms with Gasteiger partial charge in [0, 0.05) is 11.8 Å².